The summed E-state index contributed by atoms with van der Waals surface area (Å²) in [5, 5.41) is 6.71. The Morgan fingerprint density at radius 2 is 2.39 bits per heavy atom. The summed E-state index contributed by atoms with van der Waals surface area (Å²) >= 11 is 3.41. The third kappa shape index (κ3) is 3.46. The topological polar surface area (TPSA) is 67.2 Å². The van der Waals surface area contributed by atoms with Crippen LogP contribution in [0.15, 0.2) is 22.7 Å². The van der Waals surface area contributed by atoms with Crippen LogP contribution in [0.25, 0.3) is 0 Å². The molecule has 0 aliphatic carbocycles. The molecule has 1 atom stereocenters. The molecule has 1 aromatic rings. The van der Waals surface area contributed by atoms with E-state index in [4.69, 9.17) is 5.73 Å². The summed E-state index contributed by atoms with van der Waals surface area (Å²) in [6, 6.07) is 5.47. The number of benzene rings is 1. The molecule has 1 heterocycles. The van der Waals surface area contributed by atoms with Crippen molar-refractivity contribution in [1.82, 2.24) is 5.32 Å². The summed E-state index contributed by atoms with van der Waals surface area (Å²) < 4.78 is 0.941. The molecule has 2 rings (SSSR count). The molecule has 5 heteroatoms. The average Bonchev–Trinajstić information content (AvgIpc) is 2.37. The minimum Gasteiger partial charge on any atom is -0.384 e. The van der Waals surface area contributed by atoms with Gasteiger partial charge in [-0.05, 0) is 50.0 Å². The number of hydrogen-bond donors (Lipinski definition) is 3. The van der Waals surface area contributed by atoms with Crippen LogP contribution in [0.1, 0.15) is 23.2 Å². The van der Waals surface area contributed by atoms with Crippen LogP contribution in [-0.4, -0.2) is 25.5 Å². The van der Waals surface area contributed by atoms with Gasteiger partial charge in [-0.3, -0.25) is 4.79 Å². The third-order valence-corrected chi connectivity index (χ3v) is 3.72. The first-order valence-corrected chi connectivity index (χ1v) is 7.00. The lowest BCUT2D eigenvalue weighted by atomic mass is 9.99. The lowest BCUT2D eigenvalue weighted by Gasteiger charge is -2.23. The molecule has 0 aromatic heterocycles. The van der Waals surface area contributed by atoms with Gasteiger partial charge in [0.1, 0.15) is 0 Å². The van der Waals surface area contributed by atoms with Crippen LogP contribution in [0.2, 0.25) is 0 Å². The fourth-order valence-electron chi connectivity index (χ4n) is 2.23. The van der Waals surface area contributed by atoms with E-state index in [0.717, 1.165) is 29.8 Å². The smallest absolute Gasteiger partial charge is 0.250 e. The van der Waals surface area contributed by atoms with Gasteiger partial charge in [0, 0.05) is 16.7 Å². The first kappa shape index (κ1) is 13.4. The van der Waals surface area contributed by atoms with Gasteiger partial charge < -0.3 is 16.4 Å². The van der Waals surface area contributed by atoms with Gasteiger partial charge in [0.05, 0.1) is 5.56 Å². The van der Waals surface area contributed by atoms with E-state index in [1.54, 1.807) is 6.07 Å². The molecule has 1 aliphatic heterocycles. The maximum atomic E-state index is 11.3. The molecule has 1 aliphatic rings. The quantitative estimate of drug-likeness (QED) is 0.796. The van der Waals surface area contributed by atoms with Crippen LogP contribution in [0.4, 0.5) is 5.69 Å². The van der Waals surface area contributed by atoms with Crippen LogP contribution in [0.5, 0.6) is 0 Å². The normalized spacial score (nSPS) is 19.5. The predicted octanol–water partition coefficient (Wildman–Crippen LogP) is 1.96. The number of primary amides is 1. The number of halogens is 1. The summed E-state index contributed by atoms with van der Waals surface area (Å²) in [4.78, 5) is 11.3. The molecule has 4 N–H and O–H groups in total. The van der Waals surface area contributed by atoms with Gasteiger partial charge in [-0.15, -0.1) is 0 Å². The number of carbonyl (C=O) groups is 1. The molecule has 98 valence electrons. The number of nitrogens with two attached hydrogens (primary N) is 1. The minimum atomic E-state index is -0.397. The predicted molar refractivity (Wildman–Crippen MR) is 76.7 cm³/mol. The van der Waals surface area contributed by atoms with Crippen LogP contribution >= 0.6 is 15.9 Å². The number of rotatable bonds is 4. The Hall–Kier alpha value is -1.07. The molecular formula is C13H18BrN3O. The standard InChI is InChI=1S/C13H18BrN3O/c14-10-3-4-11(13(15)18)12(6-10)17-8-9-2-1-5-16-7-9/h3-4,6,9,16-17H,1-2,5,7-8H2,(H2,15,18). The zero-order chi connectivity index (χ0) is 13.0. The maximum Gasteiger partial charge on any atom is 0.250 e. The van der Waals surface area contributed by atoms with Crippen molar-refractivity contribution in [3.8, 4) is 0 Å². The highest BCUT2D eigenvalue weighted by atomic mass is 79.9. The molecule has 0 radical (unpaired) electrons. The van der Waals surface area contributed by atoms with E-state index in [0.29, 0.717) is 11.5 Å². The lowest BCUT2D eigenvalue weighted by molar-refractivity contribution is 0.100. The second-order valence-electron chi connectivity index (χ2n) is 4.65. The molecule has 1 saturated heterocycles. The summed E-state index contributed by atoms with van der Waals surface area (Å²) in [7, 11) is 0. The number of hydrogen-bond acceptors (Lipinski definition) is 3. The number of piperidine rings is 1. The van der Waals surface area contributed by atoms with Gasteiger partial charge in [-0.1, -0.05) is 15.9 Å². The summed E-state index contributed by atoms with van der Waals surface area (Å²) in [6.07, 6.45) is 2.44. The number of carbonyl (C=O) groups excluding carboxylic acids is 1. The molecule has 0 bridgehead atoms. The zero-order valence-electron chi connectivity index (χ0n) is 10.2. The van der Waals surface area contributed by atoms with Crippen molar-refractivity contribution in [2.45, 2.75) is 12.8 Å². The highest BCUT2D eigenvalue weighted by molar-refractivity contribution is 9.10. The van der Waals surface area contributed by atoms with E-state index in [2.05, 4.69) is 26.6 Å². The van der Waals surface area contributed by atoms with Crippen molar-refractivity contribution in [3.63, 3.8) is 0 Å². The number of nitrogens with one attached hydrogen (secondary N) is 2. The second kappa shape index (κ2) is 6.20. The van der Waals surface area contributed by atoms with Crippen molar-refractivity contribution >= 4 is 27.5 Å². The van der Waals surface area contributed by atoms with Gasteiger partial charge in [0.2, 0.25) is 0 Å². The van der Waals surface area contributed by atoms with Gasteiger partial charge in [-0.25, -0.2) is 0 Å². The van der Waals surface area contributed by atoms with Crippen LogP contribution in [0.3, 0.4) is 0 Å². The van der Waals surface area contributed by atoms with Crippen molar-refractivity contribution < 1.29 is 4.79 Å². The van der Waals surface area contributed by atoms with Crippen molar-refractivity contribution in [2.24, 2.45) is 11.7 Å². The Morgan fingerprint density at radius 1 is 1.56 bits per heavy atom. The summed E-state index contributed by atoms with van der Waals surface area (Å²) in [5.41, 5.74) is 6.72. The highest BCUT2D eigenvalue weighted by Crippen LogP contribution is 2.22. The fourth-order valence-corrected chi connectivity index (χ4v) is 2.59. The molecule has 0 saturated carbocycles. The zero-order valence-corrected chi connectivity index (χ0v) is 11.8. The summed E-state index contributed by atoms with van der Waals surface area (Å²) in [5.74, 6) is 0.213. The van der Waals surface area contributed by atoms with Crippen LogP contribution < -0.4 is 16.4 Å². The van der Waals surface area contributed by atoms with Gasteiger partial charge in [0.25, 0.3) is 5.91 Å². The van der Waals surface area contributed by atoms with Crippen LogP contribution in [0, 0.1) is 5.92 Å². The average molecular weight is 312 g/mol. The molecule has 1 aromatic carbocycles. The van der Waals surface area contributed by atoms with E-state index in [9.17, 15) is 4.79 Å². The first-order chi connectivity index (χ1) is 8.66. The maximum absolute atomic E-state index is 11.3. The van der Waals surface area contributed by atoms with E-state index in [1.807, 2.05) is 12.1 Å². The van der Waals surface area contributed by atoms with Gasteiger partial charge in [0.15, 0.2) is 0 Å². The van der Waals surface area contributed by atoms with Crippen molar-refractivity contribution in [2.75, 3.05) is 25.0 Å². The highest BCUT2D eigenvalue weighted by Gasteiger charge is 2.14. The Labute approximate surface area is 115 Å². The molecule has 1 amide bonds. The Balaban J connectivity index is 2.03. The molecule has 1 fully saturated rings. The molecule has 1 unspecified atom stereocenters. The minimum absolute atomic E-state index is 0.397. The van der Waals surface area contributed by atoms with Gasteiger partial charge in [-0.2, -0.15) is 0 Å². The SMILES string of the molecule is NC(=O)c1ccc(Br)cc1NCC1CCCNC1. The fraction of sp³-hybridized carbons (Fsp3) is 0.462. The van der Waals surface area contributed by atoms with Crippen molar-refractivity contribution in [3.05, 3.63) is 28.2 Å². The molecular weight excluding hydrogens is 294 g/mol. The van der Waals surface area contributed by atoms with E-state index >= 15 is 0 Å². The molecule has 0 spiro atoms. The molecule has 4 nitrogen and oxygen atoms in total. The van der Waals surface area contributed by atoms with E-state index in [1.165, 1.54) is 12.8 Å². The third-order valence-electron chi connectivity index (χ3n) is 3.23. The van der Waals surface area contributed by atoms with E-state index in [-0.39, 0.29) is 0 Å². The monoisotopic (exact) mass is 311 g/mol. The Bertz CT molecular complexity index is 430. The summed E-state index contributed by atoms with van der Waals surface area (Å²) in [6.45, 7) is 3.01. The van der Waals surface area contributed by atoms with E-state index < -0.39 is 5.91 Å². The van der Waals surface area contributed by atoms with Gasteiger partial charge >= 0.3 is 0 Å². The van der Waals surface area contributed by atoms with Crippen LogP contribution in [-0.2, 0) is 0 Å². The number of anilines is 1. The Morgan fingerprint density at radius 3 is 3.06 bits per heavy atom. The number of amides is 1. The first-order valence-electron chi connectivity index (χ1n) is 6.21. The second-order valence-corrected chi connectivity index (χ2v) is 5.56. The molecule has 18 heavy (non-hydrogen) atoms. The van der Waals surface area contributed by atoms with Crippen molar-refractivity contribution in [1.29, 1.82) is 0 Å². The largest absolute Gasteiger partial charge is 0.384 e. The lowest BCUT2D eigenvalue weighted by Crippen LogP contribution is -2.33. The Kier molecular flexibility index (Phi) is 4.60.